The van der Waals surface area contributed by atoms with E-state index in [2.05, 4.69) is 36.4 Å². The molecule has 0 spiro atoms. The Balaban J connectivity index is 1.75. The summed E-state index contributed by atoms with van der Waals surface area (Å²) in [5, 5.41) is 10.4. The van der Waals surface area contributed by atoms with Crippen LogP contribution >= 0.6 is 27.5 Å². The predicted molar refractivity (Wildman–Crippen MR) is 105 cm³/mol. The number of hydrogen-bond acceptors (Lipinski definition) is 5. The molecule has 0 aliphatic rings. The van der Waals surface area contributed by atoms with E-state index in [0.717, 1.165) is 15.6 Å². The van der Waals surface area contributed by atoms with Crippen molar-refractivity contribution in [1.82, 2.24) is 15.2 Å². The maximum Gasteiger partial charge on any atom is 0.218 e. The number of hydrogen-bond donors (Lipinski definition) is 2. The van der Waals surface area contributed by atoms with Crippen LogP contribution in [0.4, 0.5) is 5.95 Å². The van der Waals surface area contributed by atoms with Gasteiger partial charge in [-0.3, -0.25) is 0 Å². The van der Waals surface area contributed by atoms with Crippen molar-refractivity contribution in [2.24, 2.45) is 0 Å². The molecule has 0 atom stereocenters. The zero-order valence-corrected chi connectivity index (χ0v) is 16.5. The summed E-state index contributed by atoms with van der Waals surface area (Å²) in [6.07, 6.45) is 1.46. The largest absolute Gasteiger partial charge is 0.490 e. The molecule has 26 heavy (non-hydrogen) atoms. The first-order valence-corrected chi connectivity index (χ1v) is 9.24. The summed E-state index contributed by atoms with van der Waals surface area (Å²) in [4.78, 5) is 4.04. The third kappa shape index (κ3) is 4.89. The number of nitrogens with zero attached hydrogens (tertiary/aromatic N) is 2. The van der Waals surface area contributed by atoms with E-state index in [9.17, 15) is 0 Å². The van der Waals surface area contributed by atoms with E-state index in [1.54, 1.807) is 0 Å². The molecule has 1 heterocycles. The van der Waals surface area contributed by atoms with Crippen molar-refractivity contribution in [3.05, 3.63) is 63.3 Å². The third-order valence-electron chi connectivity index (χ3n) is 3.52. The molecule has 0 unspecified atom stereocenters. The monoisotopic (exact) mass is 436 g/mol. The normalized spacial score (nSPS) is 10.6. The number of aromatic nitrogens is 3. The van der Waals surface area contributed by atoms with Crippen LogP contribution in [0.3, 0.4) is 0 Å². The SMILES string of the molecule is CCOc1cc(CNc2ncn[nH]2)cc(Br)c1OCc1cccc(Cl)c1. The number of H-pyrrole nitrogens is 1. The van der Waals surface area contributed by atoms with Gasteiger partial charge in [-0.25, -0.2) is 10.1 Å². The van der Waals surface area contributed by atoms with Gasteiger partial charge in [-0.2, -0.15) is 5.10 Å². The van der Waals surface area contributed by atoms with Crippen LogP contribution < -0.4 is 14.8 Å². The number of rotatable bonds is 8. The predicted octanol–water partition coefficient (Wildman–Crippen LogP) is 4.81. The van der Waals surface area contributed by atoms with E-state index in [-0.39, 0.29) is 0 Å². The zero-order valence-electron chi connectivity index (χ0n) is 14.1. The van der Waals surface area contributed by atoms with Gasteiger partial charge < -0.3 is 14.8 Å². The lowest BCUT2D eigenvalue weighted by molar-refractivity contribution is 0.267. The molecule has 0 fully saturated rings. The maximum absolute atomic E-state index is 6.03. The zero-order chi connectivity index (χ0) is 18.4. The average Bonchev–Trinajstić information content (AvgIpc) is 3.13. The van der Waals surface area contributed by atoms with E-state index in [1.807, 2.05) is 43.3 Å². The Kier molecular flexibility index (Phi) is 6.35. The fourth-order valence-electron chi connectivity index (χ4n) is 2.39. The third-order valence-corrected chi connectivity index (χ3v) is 4.34. The van der Waals surface area contributed by atoms with Gasteiger partial charge in [0, 0.05) is 11.6 Å². The van der Waals surface area contributed by atoms with Crippen molar-refractivity contribution >= 4 is 33.5 Å². The Morgan fingerprint density at radius 3 is 2.81 bits per heavy atom. The first kappa shape index (κ1) is 18.5. The van der Waals surface area contributed by atoms with Crippen LogP contribution in [0.25, 0.3) is 0 Å². The number of benzene rings is 2. The number of halogens is 2. The second kappa shape index (κ2) is 8.91. The molecule has 0 amide bonds. The Hall–Kier alpha value is -2.25. The summed E-state index contributed by atoms with van der Waals surface area (Å²) >= 11 is 9.61. The molecule has 0 aliphatic carbocycles. The van der Waals surface area contributed by atoms with E-state index in [0.29, 0.717) is 42.2 Å². The number of aromatic amines is 1. The van der Waals surface area contributed by atoms with Gasteiger partial charge in [-0.15, -0.1) is 0 Å². The van der Waals surface area contributed by atoms with Gasteiger partial charge in [0.25, 0.3) is 0 Å². The molecule has 136 valence electrons. The summed E-state index contributed by atoms with van der Waals surface area (Å²) in [6.45, 7) is 3.45. The van der Waals surface area contributed by atoms with E-state index >= 15 is 0 Å². The van der Waals surface area contributed by atoms with Crippen LogP contribution in [-0.4, -0.2) is 21.8 Å². The summed E-state index contributed by atoms with van der Waals surface area (Å²) in [6, 6.07) is 11.5. The highest BCUT2D eigenvalue weighted by atomic mass is 79.9. The number of anilines is 1. The van der Waals surface area contributed by atoms with Crippen LogP contribution in [0.1, 0.15) is 18.1 Å². The smallest absolute Gasteiger partial charge is 0.218 e. The minimum Gasteiger partial charge on any atom is -0.490 e. The lowest BCUT2D eigenvalue weighted by Gasteiger charge is -2.16. The molecule has 0 saturated carbocycles. The molecule has 0 bridgehead atoms. The molecule has 0 saturated heterocycles. The lowest BCUT2D eigenvalue weighted by atomic mass is 10.2. The molecule has 3 aromatic rings. The molecular formula is C18H18BrClN4O2. The number of nitrogens with one attached hydrogen (secondary N) is 2. The van der Waals surface area contributed by atoms with Crippen molar-refractivity contribution in [3.63, 3.8) is 0 Å². The summed E-state index contributed by atoms with van der Waals surface area (Å²) in [5.41, 5.74) is 2.01. The summed E-state index contributed by atoms with van der Waals surface area (Å²) in [7, 11) is 0. The number of ether oxygens (including phenoxy) is 2. The molecule has 2 N–H and O–H groups in total. The second-order valence-electron chi connectivity index (χ2n) is 5.44. The fourth-order valence-corrected chi connectivity index (χ4v) is 3.20. The van der Waals surface area contributed by atoms with Crippen LogP contribution in [0.5, 0.6) is 11.5 Å². The van der Waals surface area contributed by atoms with Crippen LogP contribution in [-0.2, 0) is 13.2 Å². The second-order valence-corrected chi connectivity index (χ2v) is 6.73. The highest BCUT2D eigenvalue weighted by Crippen LogP contribution is 2.37. The molecular weight excluding hydrogens is 420 g/mol. The fraction of sp³-hybridized carbons (Fsp3) is 0.222. The van der Waals surface area contributed by atoms with Crippen molar-refractivity contribution in [2.75, 3.05) is 11.9 Å². The van der Waals surface area contributed by atoms with Gasteiger partial charge in [0.05, 0.1) is 11.1 Å². The van der Waals surface area contributed by atoms with E-state index in [4.69, 9.17) is 21.1 Å². The van der Waals surface area contributed by atoms with Gasteiger partial charge in [-0.05, 0) is 58.2 Å². The van der Waals surface area contributed by atoms with Crippen molar-refractivity contribution < 1.29 is 9.47 Å². The van der Waals surface area contributed by atoms with Gasteiger partial charge in [-0.1, -0.05) is 23.7 Å². The first-order chi connectivity index (χ1) is 12.7. The van der Waals surface area contributed by atoms with Crippen molar-refractivity contribution in [1.29, 1.82) is 0 Å². The van der Waals surface area contributed by atoms with Gasteiger partial charge in [0.15, 0.2) is 11.5 Å². The molecule has 1 aromatic heterocycles. The van der Waals surface area contributed by atoms with Gasteiger partial charge >= 0.3 is 0 Å². The Morgan fingerprint density at radius 2 is 2.08 bits per heavy atom. The highest BCUT2D eigenvalue weighted by molar-refractivity contribution is 9.10. The summed E-state index contributed by atoms with van der Waals surface area (Å²) in [5.74, 6) is 1.95. The van der Waals surface area contributed by atoms with E-state index in [1.165, 1.54) is 6.33 Å². The molecule has 6 nitrogen and oxygen atoms in total. The standard InChI is InChI=1S/C18H18BrClN4O2/c1-2-25-16-8-13(9-21-18-22-11-23-24-18)7-15(19)17(16)26-10-12-4-3-5-14(20)6-12/h3-8,11H,2,9-10H2,1H3,(H2,21,22,23,24). The quantitative estimate of drug-likeness (QED) is 0.529. The molecule has 8 heteroatoms. The topological polar surface area (TPSA) is 72.1 Å². The first-order valence-electron chi connectivity index (χ1n) is 8.07. The minimum absolute atomic E-state index is 0.398. The highest BCUT2D eigenvalue weighted by Gasteiger charge is 2.13. The Bertz CT molecular complexity index is 858. The van der Waals surface area contributed by atoms with E-state index < -0.39 is 0 Å². The average molecular weight is 438 g/mol. The molecule has 3 rings (SSSR count). The lowest BCUT2D eigenvalue weighted by Crippen LogP contribution is -2.04. The molecule has 2 aromatic carbocycles. The van der Waals surface area contributed by atoms with Crippen molar-refractivity contribution in [2.45, 2.75) is 20.1 Å². The van der Waals surface area contributed by atoms with Crippen LogP contribution in [0, 0.1) is 0 Å². The minimum atomic E-state index is 0.398. The van der Waals surface area contributed by atoms with Crippen molar-refractivity contribution in [3.8, 4) is 11.5 Å². The summed E-state index contributed by atoms with van der Waals surface area (Å²) < 4.78 is 12.6. The Labute approximate surface area is 165 Å². The Morgan fingerprint density at radius 1 is 1.19 bits per heavy atom. The van der Waals surface area contributed by atoms with Gasteiger partial charge in [0.2, 0.25) is 5.95 Å². The van der Waals surface area contributed by atoms with Crippen LogP contribution in [0.2, 0.25) is 5.02 Å². The maximum atomic E-state index is 6.03. The van der Waals surface area contributed by atoms with Gasteiger partial charge in [0.1, 0.15) is 12.9 Å². The molecule has 0 aliphatic heterocycles. The van der Waals surface area contributed by atoms with Crippen LogP contribution in [0.15, 0.2) is 47.2 Å². The molecule has 0 radical (unpaired) electrons.